The first-order chi connectivity index (χ1) is 7.96. The van der Waals surface area contributed by atoms with Crippen LogP contribution in [-0.4, -0.2) is 44.5 Å². The molecule has 3 unspecified atom stereocenters. The van der Waals surface area contributed by atoms with Crippen LogP contribution in [0.15, 0.2) is 0 Å². The first-order valence-electron chi connectivity index (χ1n) is 6.20. The second-order valence-electron chi connectivity index (χ2n) is 5.19. The average Bonchev–Trinajstić information content (AvgIpc) is 2.59. The fourth-order valence-electron chi connectivity index (χ4n) is 2.58. The number of hydrogen-bond acceptors (Lipinski definition) is 4. The summed E-state index contributed by atoms with van der Waals surface area (Å²) in [5.41, 5.74) is 0. The van der Waals surface area contributed by atoms with Crippen LogP contribution in [0.4, 0.5) is 0 Å². The van der Waals surface area contributed by atoms with Crippen molar-refractivity contribution in [1.82, 2.24) is 10.6 Å². The lowest BCUT2D eigenvalue weighted by Gasteiger charge is -2.29. The van der Waals surface area contributed by atoms with Gasteiger partial charge in [-0.15, -0.1) is 0 Å². The second-order valence-corrected chi connectivity index (χ2v) is 7.41. The van der Waals surface area contributed by atoms with Crippen molar-refractivity contribution in [2.75, 3.05) is 18.1 Å². The van der Waals surface area contributed by atoms with Gasteiger partial charge in [0.15, 0.2) is 9.84 Å². The predicted octanol–water partition coefficient (Wildman–Crippen LogP) is -0.322. The standard InChI is InChI=1S/C11H20N2O3S/c1-8-6-10(2-4-12-8)13-11(14)9-3-5-17(15,16)7-9/h8-10,12H,2-7H2,1H3,(H,13,14). The third-order valence-corrected chi connectivity index (χ3v) is 5.34. The Morgan fingerprint density at radius 2 is 2.12 bits per heavy atom. The molecule has 2 fully saturated rings. The summed E-state index contributed by atoms with van der Waals surface area (Å²) in [6.07, 6.45) is 2.33. The monoisotopic (exact) mass is 260 g/mol. The molecule has 2 N–H and O–H groups in total. The van der Waals surface area contributed by atoms with Crippen molar-refractivity contribution in [3.8, 4) is 0 Å². The molecule has 0 saturated carbocycles. The van der Waals surface area contributed by atoms with Gasteiger partial charge in [0.1, 0.15) is 0 Å². The van der Waals surface area contributed by atoms with E-state index in [-0.39, 0.29) is 29.4 Å². The Balaban J connectivity index is 1.85. The lowest BCUT2D eigenvalue weighted by atomic mass is 9.99. The fourth-order valence-corrected chi connectivity index (χ4v) is 4.33. The third-order valence-electron chi connectivity index (χ3n) is 3.57. The van der Waals surface area contributed by atoms with Crippen molar-refractivity contribution in [1.29, 1.82) is 0 Å². The molecule has 0 aliphatic carbocycles. The van der Waals surface area contributed by atoms with E-state index in [1.165, 1.54) is 0 Å². The number of carbonyl (C=O) groups is 1. The summed E-state index contributed by atoms with van der Waals surface area (Å²) in [6.45, 7) is 3.01. The molecule has 2 aliphatic rings. The van der Waals surface area contributed by atoms with Crippen LogP contribution < -0.4 is 10.6 Å². The van der Waals surface area contributed by atoms with E-state index in [2.05, 4.69) is 17.6 Å². The molecule has 0 bridgehead atoms. The zero-order valence-electron chi connectivity index (χ0n) is 10.1. The van der Waals surface area contributed by atoms with Gasteiger partial charge in [0.2, 0.25) is 5.91 Å². The second kappa shape index (κ2) is 4.94. The summed E-state index contributed by atoms with van der Waals surface area (Å²) in [7, 11) is -2.97. The summed E-state index contributed by atoms with van der Waals surface area (Å²) in [4.78, 5) is 11.9. The smallest absolute Gasteiger partial charge is 0.224 e. The molecule has 1 amide bonds. The number of amides is 1. The van der Waals surface area contributed by atoms with Gasteiger partial charge in [0.05, 0.1) is 17.4 Å². The lowest BCUT2D eigenvalue weighted by Crippen LogP contribution is -2.48. The molecule has 0 aromatic rings. The normalized spacial score (nSPS) is 36.6. The summed E-state index contributed by atoms with van der Waals surface area (Å²) < 4.78 is 22.6. The highest BCUT2D eigenvalue weighted by Gasteiger charge is 2.34. The fraction of sp³-hybridized carbons (Fsp3) is 0.909. The Morgan fingerprint density at radius 1 is 1.35 bits per heavy atom. The van der Waals surface area contributed by atoms with Crippen molar-refractivity contribution < 1.29 is 13.2 Å². The minimum absolute atomic E-state index is 0.0271. The number of nitrogens with one attached hydrogen (secondary N) is 2. The van der Waals surface area contributed by atoms with Gasteiger partial charge in [-0.1, -0.05) is 0 Å². The van der Waals surface area contributed by atoms with Crippen LogP contribution in [-0.2, 0) is 14.6 Å². The minimum Gasteiger partial charge on any atom is -0.353 e. The van der Waals surface area contributed by atoms with E-state index >= 15 is 0 Å². The summed E-state index contributed by atoms with van der Waals surface area (Å²) in [5, 5.41) is 6.31. The van der Waals surface area contributed by atoms with Crippen molar-refractivity contribution >= 4 is 15.7 Å². The molecule has 0 spiro atoms. The maximum absolute atomic E-state index is 11.9. The van der Waals surface area contributed by atoms with Crippen LogP contribution in [0.5, 0.6) is 0 Å². The summed E-state index contributed by atoms with van der Waals surface area (Å²) in [6, 6.07) is 0.614. The lowest BCUT2D eigenvalue weighted by molar-refractivity contribution is -0.125. The van der Waals surface area contributed by atoms with Gasteiger partial charge >= 0.3 is 0 Å². The SMILES string of the molecule is CC1CC(NC(=O)C2CCS(=O)(=O)C2)CCN1. The number of sulfone groups is 1. The highest BCUT2D eigenvalue weighted by Crippen LogP contribution is 2.19. The van der Waals surface area contributed by atoms with E-state index in [0.29, 0.717) is 12.5 Å². The largest absolute Gasteiger partial charge is 0.353 e. The van der Waals surface area contributed by atoms with E-state index in [9.17, 15) is 13.2 Å². The van der Waals surface area contributed by atoms with Crippen LogP contribution >= 0.6 is 0 Å². The van der Waals surface area contributed by atoms with Crippen LogP contribution in [0.25, 0.3) is 0 Å². The minimum atomic E-state index is -2.97. The zero-order valence-corrected chi connectivity index (χ0v) is 10.9. The molecule has 6 heteroatoms. The Labute approximate surface area is 102 Å². The first kappa shape index (κ1) is 12.8. The van der Waals surface area contributed by atoms with Crippen molar-refractivity contribution in [3.05, 3.63) is 0 Å². The molecule has 2 saturated heterocycles. The van der Waals surface area contributed by atoms with Crippen LogP contribution in [0.2, 0.25) is 0 Å². The van der Waals surface area contributed by atoms with Crippen LogP contribution in [0.1, 0.15) is 26.2 Å². The van der Waals surface area contributed by atoms with E-state index < -0.39 is 9.84 Å². The average molecular weight is 260 g/mol. The predicted molar refractivity (Wildman–Crippen MR) is 65.4 cm³/mol. The molecular formula is C11H20N2O3S. The molecule has 0 radical (unpaired) electrons. The van der Waals surface area contributed by atoms with Crippen molar-refractivity contribution in [2.45, 2.75) is 38.3 Å². The molecule has 5 nitrogen and oxygen atoms in total. The Hall–Kier alpha value is -0.620. The van der Waals surface area contributed by atoms with Crippen molar-refractivity contribution in [2.24, 2.45) is 5.92 Å². The van der Waals surface area contributed by atoms with E-state index in [1.807, 2.05) is 0 Å². The van der Waals surface area contributed by atoms with Gasteiger partial charge in [0, 0.05) is 12.1 Å². The number of piperidine rings is 1. The highest BCUT2D eigenvalue weighted by atomic mass is 32.2. The van der Waals surface area contributed by atoms with E-state index in [4.69, 9.17) is 0 Å². The molecule has 2 heterocycles. The van der Waals surface area contributed by atoms with E-state index in [0.717, 1.165) is 19.4 Å². The number of rotatable bonds is 2. The summed E-state index contributed by atoms with van der Waals surface area (Å²) in [5.74, 6) is -0.219. The van der Waals surface area contributed by atoms with Gasteiger partial charge < -0.3 is 10.6 Å². The van der Waals surface area contributed by atoms with Gasteiger partial charge in [-0.3, -0.25) is 4.79 Å². The number of carbonyl (C=O) groups excluding carboxylic acids is 1. The van der Waals surface area contributed by atoms with Gasteiger partial charge in [-0.05, 0) is 32.7 Å². The molecule has 2 rings (SSSR count). The van der Waals surface area contributed by atoms with Gasteiger partial charge in [-0.2, -0.15) is 0 Å². The first-order valence-corrected chi connectivity index (χ1v) is 8.02. The topological polar surface area (TPSA) is 75.3 Å². The molecule has 98 valence electrons. The maximum Gasteiger partial charge on any atom is 0.224 e. The number of hydrogen-bond donors (Lipinski definition) is 2. The van der Waals surface area contributed by atoms with Crippen molar-refractivity contribution in [3.63, 3.8) is 0 Å². The Bertz CT molecular complexity index is 394. The molecule has 0 aromatic heterocycles. The molecule has 2 aliphatic heterocycles. The quantitative estimate of drug-likeness (QED) is 0.713. The third kappa shape index (κ3) is 3.42. The van der Waals surface area contributed by atoms with Gasteiger partial charge in [-0.25, -0.2) is 8.42 Å². The van der Waals surface area contributed by atoms with Gasteiger partial charge in [0.25, 0.3) is 0 Å². The molecule has 3 atom stereocenters. The Kier molecular flexibility index (Phi) is 3.73. The van der Waals surface area contributed by atoms with E-state index in [1.54, 1.807) is 0 Å². The molecule has 17 heavy (non-hydrogen) atoms. The Morgan fingerprint density at radius 3 is 2.71 bits per heavy atom. The summed E-state index contributed by atoms with van der Waals surface area (Å²) >= 11 is 0. The van der Waals surface area contributed by atoms with Crippen LogP contribution in [0.3, 0.4) is 0 Å². The van der Waals surface area contributed by atoms with Crippen LogP contribution in [0, 0.1) is 5.92 Å². The molecular weight excluding hydrogens is 240 g/mol. The zero-order chi connectivity index (χ0) is 12.5. The highest BCUT2D eigenvalue weighted by molar-refractivity contribution is 7.91. The molecule has 0 aromatic carbocycles. The maximum atomic E-state index is 11.9.